The minimum atomic E-state index is -5.08. The van der Waals surface area contributed by atoms with Gasteiger partial charge >= 0.3 is 12.1 Å². The molecule has 2 fully saturated rings. The van der Waals surface area contributed by atoms with Crippen molar-refractivity contribution in [3.8, 4) is 0 Å². The maximum atomic E-state index is 14.8. The second-order valence-corrected chi connectivity index (χ2v) is 9.55. The summed E-state index contributed by atoms with van der Waals surface area (Å²) in [6.07, 6.45) is -2.79. The summed E-state index contributed by atoms with van der Waals surface area (Å²) >= 11 is 0. The molecular weight excluding hydrogens is 505 g/mol. The average molecular weight is 533 g/mol. The van der Waals surface area contributed by atoms with E-state index in [1.165, 1.54) is 6.07 Å². The molecule has 2 N–H and O–H groups in total. The molecule has 2 aliphatic rings. The molecule has 9 nitrogen and oxygen atoms in total. The predicted octanol–water partition coefficient (Wildman–Crippen LogP) is 2.70. The first kappa shape index (κ1) is 28.3. The van der Waals surface area contributed by atoms with Crippen LogP contribution in [0.25, 0.3) is 0 Å². The van der Waals surface area contributed by atoms with E-state index in [9.17, 15) is 31.5 Å². The van der Waals surface area contributed by atoms with Gasteiger partial charge in [-0.05, 0) is 31.4 Å². The number of piperidine rings is 2. The third-order valence-corrected chi connectivity index (χ3v) is 6.35. The molecule has 4 heterocycles. The number of aliphatic carboxylic acids is 1. The number of alkyl halides is 5. The predicted molar refractivity (Wildman–Crippen MR) is 121 cm³/mol. The first-order valence-electron chi connectivity index (χ1n) is 11.5. The highest BCUT2D eigenvalue weighted by atomic mass is 19.4. The lowest BCUT2D eigenvalue weighted by Crippen LogP contribution is -2.60. The van der Waals surface area contributed by atoms with E-state index in [0.717, 1.165) is 17.0 Å². The summed E-state index contributed by atoms with van der Waals surface area (Å²) < 4.78 is 63.0. The van der Waals surface area contributed by atoms with Crippen molar-refractivity contribution in [1.29, 1.82) is 0 Å². The summed E-state index contributed by atoms with van der Waals surface area (Å²) in [6.45, 7) is 3.00. The summed E-state index contributed by atoms with van der Waals surface area (Å²) in [5, 5.41) is 11.4. The number of hydrogen-bond acceptors (Lipinski definition) is 5. The van der Waals surface area contributed by atoms with Gasteiger partial charge in [-0.2, -0.15) is 18.3 Å². The van der Waals surface area contributed by atoms with Crippen LogP contribution in [0, 0.1) is 12.3 Å². The Kier molecular flexibility index (Phi) is 8.10. The number of nitrogens with one attached hydrogen (secondary N) is 1. The van der Waals surface area contributed by atoms with E-state index in [1.54, 1.807) is 26.7 Å². The normalized spacial score (nSPS) is 22.0. The van der Waals surface area contributed by atoms with Gasteiger partial charge in [0.05, 0.1) is 29.9 Å². The highest BCUT2D eigenvalue weighted by molar-refractivity contribution is 5.84. The van der Waals surface area contributed by atoms with Crippen molar-refractivity contribution < 1.29 is 36.6 Å². The average Bonchev–Trinajstić information content (AvgIpc) is 3.08. The van der Waals surface area contributed by atoms with E-state index < -0.39 is 29.9 Å². The van der Waals surface area contributed by atoms with Gasteiger partial charge in [0.25, 0.3) is 5.92 Å². The van der Waals surface area contributed by atoms with Crippen molar-refractivity contribution in [1.82, 2.24) is 24.6 Å². The minimum absolute atomic E-state index is 0.196. The molecule has 2 saturated heterocycles. The number of carbonyl (C=O) groups is 2. The first-order valence-corrected chi connectivity index (χ1v) is 11.5. The number of carboxylic acids is 1. The molecule has 37 heavy (non-hydrogen) atoms. The molecule has 2 aromatic rings. The molecule has 2 aromatic heterocycles. The van der Waals surface area contributed by atoms with Crippen LogP contribution in [-0.4, -0.2) is 73.3 Å². The SMILES string of the molecule is Cc1cc(CN2CCCC3(CN(Cc4ccc(=O)[nH]c4)CC(F)(F)C3)C2=O)n(C)n1.O=C(O)C(F)(F)F. The van der Waals surface area contributed by atoms with Crippen LogP contribution >= 0.6 is 0 Å². The lowest BCUT2D eigenvalue weighted by atomic mass is 9.71. The van der Waals surface area contributed by atoms with Crippen LogP contribution in [0.1, 0.15) is 36.2 Å². The second kappa shape index (κ2) is 10.6. The number of aryl methyl sites for hydroxylation is 2. The Morgan fingerprint density at radius 1 is 1.19 bits per heavy atom. The molecule has 1 atom stereocenters. The Morgan fingerprint density at radius 2 is 1.86 bits per heavy atom. The number of halogens is 5. The van der Waals surface area contributed by atoms with Gasteiger partial charge < -0.3 is 15.0 Å². The summed E-state index contributed by atoms with van der Waals surface area (Å²) in [7, 11) is 1.83. The third-order valence-electron chi connectivity index (χ3n) is 6.35. The van der Waals surface area contributed by atoms with Crippen molar-refractivity contribution in [2.24, 2.45) is 12.5 Å². The number of amides is 1. The van der Waals surface area contributed by atoms with E-state index in [-0.39, 0.29) is 24.6 Å². The van der Waals surface area contributed by atoms with Gasteiger partial charge in [0.15, 0.2) is 0 Å². The Balaban J connectivity index is 0.000000479. The number of carbonyl (C=O) groups excluding carboxylic acids is 1. The number of hydrogen-bond donors (Lipinski definition) is 2. The molecule has 1 amide bonds. The van der Waals surface area contributed by atoms with Crippen molar-refractivity contribution >= 4 is 11.9 Å². The topological polar surface area (TPSA) is 112 Å². The van der Waals surface area contributed by atoms with Crippen molar-refractivity contribution in [3.05, 3.63) is 51.7 Å². The molecule has 14 heteroatoms. The van der Waals surface area contributed by atoms with Crippen LogP contribution in [0.3, 0.4) is 0 Å². The molecule has 0 bridgehead atoms. The van der Waals surface area contributed by atoms with E-state index in [2.05, 4.69) is 10.1 Å². The van der Waals surface area contributed by atoms with Crippen LogP contribution in [0.15, 0.2) is 29.2 Å². The maximum Gasteiger partial charge on any atom is 0.490 e. The van der Waals surface area contributed by atoms with Crippen molar-refractivity contribution in [3.63, 3.8) is 0 Å². The zero-order valence-electron chi connectivity index (χ0n) is 20.3. The standard InChI is InChI=1S/C21H27F2N5O2.C2HF3O2/c1-15-8-17(26(2)25-15)11-28-7-3-6-20(19(28)30)12-21(22,23)14-27(13-20)10-16-4-5-18(29)24-9-16;3-2(4,5)1(6)7/h4-5,8-9H,3,6-7,10-14H2,1-2H3,(H,24,29);(H,6,7). The van der Waals surface area contributed by atoms with Gasteiger partial charge in [0.1, 0.15) is 0 Å². The summed E-state index contributed by atoms with van der Waals surface area (Å²) in [5.74, 6) is -5.90. The van der Waals surface area contributed by atoms with Crippen LogP contribution < -0.4 is 5.56 Å². The zero-order valence-corrected chi connectivity index (χ0v) is 20.3. The summed E-state index contributed by atoms with van der Waals surface area (Å²) in [6, 6.07) is 4.95. The number of aromatic amines is 1. The van der Waals surface area contributed by atoms with E-state index in [0.29, 0.717) is 32.5 Å². The molecule has 2 aliphatic heterocycles. The van der Waals surface area contributed by atoms with Gasteiger partial charge in [0, 0.05) is 45.4 Å². The maximum absolute atomic E-state index is 14.8. The van der Waals surface area contributed by atoms with Crippen LogP contribution in [0.2, 0.25) is 0 Å². The molecule has 4 rings (SSSR count). The lowest BCUT2D eigenvalue weighted by Gasteiger charge is -2.49. The monoisotopic (exact) mass is 533 g/mol. The Hall–Kier alpha value is -3.29. The van der Waals surface area contributed by atoms with Gasteiger partial charge in [-0.15, -0.1) is 0 Å². The zero-order chi connectivity index (χ0) is 27.6. The fourth-order valence-electron chi connectivity index (χ4n) is 4.95. The van der Waals surface area contributed by atoms with E-state index in [4.69, 9.17) is 9.90 Å². The number of likely N-dealkylation sites (tertiary alicyclic amines) is 2. The number of pyridine rings is 1. The molecule has 1 spiro atoms. The van der Waals surface area contributed by atoms with Crippen molar-refractivity contribution in [2.45, 2.75) is 51.4 Å². The molecule has 0 saturated carbocycles. The van der Waals surface area contributed by atoms with Crippen LogP contribution in [-0.2, 0) is 29.7 Å². The molecule has 1 unspecified atom stereocenters. The molecule has 0 aromatic carbocycles. The molecule has 0 aliphatic carbocycles. The molecule has 0 radical (unpaired) electrons. The summed E-state index contributed by atoms with van der Waals surface area (Å²) in [5.41, 5.74) is 1.18. The molecular formula is C23H28F5N5O4. The Labute approximate surface area is 208 Å². The smallest absolute Gasteiger partial charge is 0.475 e. The van der Waals surface area contributed by atoms with Gasteiger partial charge in [-0.1, -0.05) is 6.07 Å². The fraction of sp³-hybridized carbons (Fsp3) is 0.565. The number of H-pyrrole nitrogens is 1. The van der Waals surface area contributed by atoms with Gasteiger partial charge in [-0.25, -0.2) is 13.6 Å². The number of nitrogens with zero attached hydrogens (tertiary/aromatic N) is 4. The molecule has 204 valence electrons. The number of aromatic nitrogens is 3. The van der Waals surface area contributed by atoms with Crippen molar-refractivity contribution in [2.75, 3.05) is 19.6 Å². The van der Waals surface area contributed by atoms with E-state index >= 15 is 0 Å². The number of carboxylic acid groups (broad SMARTS) is 1. The number of rotatable bonds is 4. The minimum Gasteiger partial charge on any atom is -0.475 e. The quantitative estimate of drug-likeness (QED) is 0.585. The Bertz CT molecular complexity index is 1170. The largest absolute Gasteiger partial charge is 0.490 e. The highest BCUT2D eigenvalue weighted by Crippen LogP contribution is 2.45. The van der Waals surface area contributed by atoms with E-state index in [1.807, 2.05) is 20.0 Å². The first-order chi connectivity index (χ1) is 17.1. The fourth-order valence-corrected chi connectivity index (χ4v) is 4.95. The van der Waals surface area contributed by atoms with Gasteiger partial charge in [0.2, 0.25) is 11.5 Å². The third kappa shape index (κ3) is 7.14. The second-order valence-electron chi connectivity index (χ2n) is 9.55. The highest BCUT2D eigenvalue weighted by Gasteiger charge is 2.55. The lowest BCUT2D eigenvalue weighted by molar-refractivity contribution is -0.192. The van der Waals surface area contributed by atoms with Crippen LogP contribution in [0.5, 0.6) is 0 Å². The van der Waals surface area contributed by atoms with Gasteiger partial charge in [-0.3, -0.25) is 19.2 Å². The van der Waals surface area contributed by atoms with Crippen LogP contribution in [0.4, 0.5) is 22.0 Å². The summed E-state index contributed by atoms with van der Waals surface area (Å²) in [4.78, 5) is 39.5. The Morgan fingerprint density at radius 3 is 2.41 bits per heavy atom.